The molecule has 1 amide bonds. The second-order valence-electron chi connectivity index (χ2n) is 8.16. The predicted octanol–water partition coefficient (Wildman–Crippen LogP) is 3.66. The quantitative estimate of drug-likeness (QED) is 0.664. The van der Waals surface area contributed by atoms with Crippen LogP contribution in [0.1, 0.15) is 48.6 Å². The van der Waals surface area contributed by atoms with E-state index >= 15 is 0 Å². The van der Waals surface area contributed by atoms with Crippen LogP contribution < -0.4 is 10.2 Å². The predicted molar refractivity (Wildman–Crippen MR) is 122 cm³/mol. The van der Waals surface area contributed by atoms with Gasteiger partial charge in [0.05, 0.1) is 5.70 Å². The summed E-state index contributed by atoms with van der Waals surface area (Å²) in [4.78, 5) is 14.7. The van der Waals surface area contributed by atoms with Crippen LogP contribution >= 0.6 is 0 Å². The second kappa shape index (κ2) is 8.71. The highest BCUT2D eigenvalue weighted by molar-refractivity contribution is 5.89. The van der Waals surface area contributed by atoms with Crippen LogP contribution in [-0.4, -0.2) is 38.7 Å². The number of hydrogen-bond donors (Lipinski definition) is 1. The number of aryl methyl sites for hydroxylation is 2. The molecule has 3 aromatic rings. The average Bonchev–Trinajstić information content (AvgIpc) is 3.25. The van der Waals surface area contributed by atoms with Gasteiger partial charge in [0.25, 0.3) is 5.95 Å². The molecule has 0 saturated heterocycles. The molecule has 0 bridgehead atoms. The fourth-order valence-electron chi connectivity index (χ4n) is 3.66. The number of fused-ring (bicyclic) bond motifs is 1. The third-order valence-electron chi connectivity index (χ3n) is 5.67. The maximum absolute atomic E-state index is 12.8. The van der Waals surface area contributed by atoms with Gasteiger partial charge >= 0.3 is 0 Å². The van der Waals surface area contributed by atoms with Gasteiger partial charge in [-0.15, -0.1) is 0 Å². The zero-order valence-electron chi connectivity index (χ0n) is 18.4. The van der Waals surface area contributed by atoms with Crippen LogP contribution in [0.3, 0.4) is 0 Å². The lowest BCUT2D eigenvalue weighted by Gasteiger charge is -2.32. The van der Waals surface area contributed by atoms with E-state index < -0.39 is 0 Å². The van der Waals surface area contributed by atoms with Gasteiger partial charge in [-0.05, 0) is 54.8 Å². The molecule has 0 saturated carbocycles. The van der Waals surface area contributed by atoms with Crippen molar-refractivity contribution in [2.45, 2.75) is 46.2 Å². The largest absolute Gasteiger partial charge is 0.352 e. The number of allylic oxidation sites excluding steroid dienone is 1. The number of amides is 1. The fraction of sp³-hybridized carbons (Fsp3) is 0.333. The number of nitrogens with one attached hydrogen (secondary N) is 1. The molecule has 4 rings (SSSR count). The van der Waals surface area contributed by atoms with Gasteiger partial charge in [0.2, 0.25) is 5.91 Å². The molecule has 1 N–H and O–H groups in total. The van der Waals surface area contributed by atoms with Crippen molar-refractivity contribution in [3.63, 3.8) is 0 Å². The first kappa shape index (κ1) is 20.8. The summed E-state index contributed by atoms with van der Waals surface area (Å²) in [5, 5.41) is 15.5. The van der Waals surface area contributed by atoms with Crippen molar-refractivity contribution in [1.82, 2.24) is 25.5 Å². The number of hydrogen-bond acceptors (Lipinski definition) is 5. The molecule has 31 heavy (non-hydrogen) atoms. The van der Waals surface area contributed by atoms with Crippen molar-refractivity contribution in [1.29, 1.82) is 0 Å². The highest BCUT2D eigenvalue weighted by Gasteiger charge is 2.32. The molecular formula is C24H28N6O. The zero-order valence-corrected chi connectivity index (χ0v) is 18.4. The Hall–Kier alpha value is -3.48. The van der Waals surface area contributed by atoms with Crippen molar-refractivity contribution in [2.75, 3.05) is 11.4 Å². The minimum atomic E-state index is -0.157. The van der Waals surface area contributed by atoms with E-state index in [2.05, 4.69) is 96.2 Å². The Balaban J connectivity index is 1.77. The summed E-state index contributed by atoms with van der Waals surface area (Å²) in [7, 11) is 0. The molecule has 2 atom stereocenters. The molecule has 2 heterocycles. The Kier molecular flexibility index (Phi) is 5.84. The first-order chi connectivity index (χ1) is 15.0. The monoisotopic (exact) mass is 416 g/mol. The van der Waals surface area contributed by atoms with Crippen molar-refractivity contribution in [2.24, 2.45) is 0 Å². The van der Waals surface area contributed by atoms with Gasteiger partial charge in [0.1, 0.15) is 12.6 Å². The maximum Gasteiger partial charge on any atom is 0.251 e. The topological polar surface area (TPSA) is 75.9 Å². The molecule has 0 spiro atoms. The van der Waals surface area contributed by atoms with Crippen LogP contribution in [0.25, 0.3) is 5.70 Å². The van der Waals surface area contributed by atoms with E-state index in [0.717, 1.165) is 23.2 Å². The van der Waals surface area contributed by atoms with Gasteiger partial charge in [-0.3, -0.25) is 9.69 Å². The van der Waals surface area contributed by atoms with Gasteiger partial charge in [0, 0.05) is 6.04 Å². The molecule has 1 aliphatic heterocycles. The number of tetrazole rings is 1. The lowest BCUT2D eigenvalue weighted by atomic mass is 9.99. The third-order valence-corrected chi connectivity index (χ3v) is 5.67. The molecule has 0 unspecified atom stereocenters. The molecule has 2 aromatic carbocycles. The van der Waals surface area contributed by atoms with E-state index in [4.69, 9.17) is 0 Å². The van der Waals surface area contributed by atoms with Crippen molar-refractivity contribution < 1.29 is 4.79 Å². The molecule has 1 aromatic heterocycles. The van der Waals surface area contributed by atoms with E-state index in [1.807, 2.05) is 11.8 Å². The average molecular weight is 417 g/mol. The summed E-state index contributed by atoms with van der Waals surface area (Å²) in [6, 6.07) is 16.6. The van der Waals surface area contributed by atoms with Crippen LogP contribution in [0.2, 0.25) is 0 Å². The standard InChI is InChI=1S/C24H28N6O/c1-5-18(4)25-23(31)15-29-21(19-10-6-16(2)7-11-19)14-22(30-24(29)26-27-28-30)20-12-8-17(3)9-13-20/h6-14,18,22H,5,15H2,1-4H3,(H,25,31)/t18-,22-/m1/s1. The lowest BCUT2D eigenvalue weighted by Crippen LogP contribution is -2.42. The molecule has 160 valence electrons. The van der Waals surface area contributed by atoms with E-state index in [-0.39, 0.29) is 24.5 Å². The van der Waals surface area contributed by atoms with Crippen molar-refractivity contribution >= 4 is 17.6 Å². The van der Waals surface area contributed by atoms with E-state index in [0.29, 0.717) is 5.95 Å². The van der Waals surface area contributed by atoms with Gasteiger partial charge in [0.15, 0.2) is 0 Å². The van der Waals surface area contributed by atoms with Gasteiger partial charge < -0.3 is 5.32 Å². The summed E-state index contributed by atoms with van der Waals surface area (Å²) in [6.45, 7) is 8.33. The number of carbonyl (C=O) groups excluding carboxylic acids is 1. The number of aromatic nitrogens is 4. The number of carbonyl (C=O) groups is 1. The van der Waals surface area contributed by atoms with Crippen LogP contribution in [0.4, 0.5) is 5.95 Å². The Morgan fingerprint density at radius 2 is 1.71 bits per heavy atom. The van der Waals surface area contributed by atoms with Gasteiger partial charge in [-0.2, -0.15) is 4.68 Å². The van der Waals surface area contributed by atoms with Crippen LogP contribution in [0, 0.1) is 13.8 Å². The smallest absolute Gasteiger partial charge is 0.251 e. The molecule has 0 radical (unpaired) electrons. The minimum Gasteiger partial charge on any atom is -0.352 e. The highest BCUT2D eigenvalue weighted by atomic mass is 16.2. The Morgan fingerprint density at radius 1 is 1.06 bits per heavy atom. The summed E-state index contributed by atoms with van der Waals surface area (Å²) in [5.41, 5.74) is 5.41. The zero-order chi connectivity index (χ0) is 22.0. The second-order valence-corrected chi connectivity index (χ2v) is 8.16. The molecule has 0 aliphatic carbocycles. The number of rotatable bonds is 6. The maximum atomic E-state index is 12.8. The minimum absolute atomic E-state index is 0.0595. The fourth-order valence-corrected chi connectivity index (χ4v) is 3.66. The Bertz CT molecular complexity index is 1080. The summed E-state index contributed by atoms with van der Waals surface area (Å²) in [5.74, 6) is 0.499. The summed E-state index contributed by atoms with van der Waals surface area (Å²) < 4.78 is 1.78. The number of anilines is 1. The van der Waals surface area contributed by atoms with Crippen LogP contribution in [0.5, 0.6) is 0 Å². The Labute approximate surface area is 182 Å². The molecular weight excluding hydrogens is 388 g/mol. The summed E-state index contributed by atoms with van der Waals surface area (Å²) in [6.07, 6.45) is 3.01. The van der Waals surface area contributed by atoms with Gasteiger partial charge in [-0.25, -0.2) is 0 Å². The van der Waals surface area contributed by atoms with Crippen LogP contribution in [0.15, 0.2) is 54.6 Å². The lowest BCUT2D eigenvalue weighted by molar-refractivity contribution is -0.120. The van der Waals surface area contributed by atoms with E-state index in [1.54, 1.807) is 4.68 Å². The molecule has 7 nitrogen and oxygen atoms in total. The SMILES string of the molecule is CC[C@@H](C)NC(=O)CN1C(c2ccc(C)cc2)=C[C@H](c2ccc(C)cc2)n2nnnc21. The number of nitrogens with zero attached hydrogens (tertiary/aromatic N) is 5. The molecule has 7 heteroatoms. The molecule has 0 fully saturated rings. The first-order valence-electron chi connectivity index (χ1n) is 10.7. The van der Waals surface area contributed by atoms with Gasteiger partial charge in [-0.1, -0.05) is 71.7 Å². The first-order valence-corrected chi connectivity index (χ1v) is 10.7. The summed E-state index contributed by atoms with van der Waals surface area (Å²) >= 11 is 0. The molecule has 1 aliphatic rings. The van der Waals surface area contributed by atoms with E-state index in [1.165, 1.54) is 11.1 Å². The number of benzene rings is 2. The Morgan fingerprint density at radius 3 is 2.35 bits per heavy atom. The highest BCUT2D eigenvalue weighted by Crippen LogP contribution is 2.36. The van der Waals surface area contributed by atoms with Crippen LogP contribution in [-0.2, 0) is 4.79 Å². The normalized spacial score (nSPS) is 16.5. The van der Waals surface area contributed by atoms with Crippen molar-refractivity contribution in [3.8, 4) is 0 Å². The third kappa shape index (κ3) is 4.35. The van der Waals surface area contributed by atoms with Crippen molar-refractivity contribution in [3.05, 3.63) is 76.9 Å². The van der Waals surface area contributed by atoms with E-state index in [9.17, 15) is 4.79 Å².